The van der Waals surface area contributed by atoms with Crippen LogP contribution in [0, 0.1) is 0 Å². The van der Waals surface area contributed by atoms with Crippen molar-refractivity contribution in [1.82, 2.24) is 4.98 Å². The quantitative estimate of drug-likeness (QED) is 0.775. The van der Waals surface area contributed by atoms with Gasteiger partial charge in [0, 0.05) is 18.8 Å². The Hall–Kier alpha value is -1.68. The molecule has 1 aromatic heterocycles. The minimum Gasteiger partial charge on any atom is -0.493 e. The number of para-hydroxylation sites is 1. The van der Waals surface area contributed by atoms with Gasteiger partial charge in [0.1, 0.15) is 5.75 Å². The topological polar surface area (TPSA) is 39.2 Å². The largest absolute Gasteiger partial charge is 0.493 e. The van der Waals surface area contributed by atoms with Gasteiger partial charge in [-0.2, -0.15) is 0 Å². The molecule has 0 atom stereocenters. The molecule has 4 heteroatoms. The Morgan fingerprint density at radius 2 is 1.90 bits per heavy atom. The summed E-state index contributed by atoms with van der Waals surface area (Å²) in [5.41, 5.74) is 0.783. The predicted octanol–water partition coefficient (Wildman–Crippen LogP) is 4.26. The van der Waals surface area contributed by atoms with Crippen LogP contribution in [0.15, 0.2) is 30.3 Å². The number of ketones is 1. The van der Waals surface area contributed by atoms with Crippen LogP contribution in [0.25, 0.3) is 0 Å². The first-order valence-corrected chi connectivity index (χ1v) is 7.88. The maximum atomic E-state index is 11.8. The van der Waals surface area contributed by atoms with E-state index < -0.39 is 0 Å². The number of aromatic nitrogens is 1. The van der Waals surface area contributed by atoms with Crippen LogP contribution in [0.3, 0.4) is 0 Å². The summed E-state index contributed by atoms with van der Waals surface area (Å²) in [6.45, 7) is 8.42. The minimum atomic E-state index is -0.115. The zero-order valence-corrected chi connectivity index (χ0v) is 13.8. The lowest BCUT2D eigenvalue weighted by atomic mass is 9.91. The van der Waals surface area contributed by atoms with Crippen molar-refractivity contribution in [3.63, 3.8) is 0 Å². The summed E-state index contributed by atoms with van der Waals surface area (Å²) < 4.78 is 5.69. The number of hydrogen-bond acceptors (Lipinski definition) is 4. The zero-order chi connectivity index (χ0) is 15.5. The highest BCUT2D eigenvalue weighted by Gasteiger charge is 2.25. The van der Waals surface area contributed by atoms with Gasteiger partial charge in [-0.1, -0.05) is 39.0 Å². The van der Waals surface area contributed by atoms with Crippen molar-refractivity contribution >= 4 is 17.1 Å². The maximum absolute atomic E-state index is 11.8. The van der Waals surface area contributed by atoms with Gasteiger partial charge in [-0.05, 0) is 12.1 Å². The highest BCUT2D eigenvalue weighted by molar-refractivity contribution is 7.13. The Labute approximate surface area is 130 Å². The molecule has 0 aliphatic carbocycles. The maximum Gasteiger partial charge on any atom is 0.171 e. The number of nitrogens with zero attached hydrogens (tertiary/aromatic N) is 1. The summed E-state index contributed by atoms with van der Waals surface area (Å²) in [4.78, 5) is 17.2. The molecule has 112 valence electrons. The van der Waals surface area contributed by atoms with E-state index in [9.17, 15) is 4.79 Å². The fourth-order valence-corrected chi connectivity index (χ4v) is 3.14. The SMILES string of the molecule is CC(=O)c1sc(CCOc2ccccc2)nc1C(C)(C)C. The van der Waals surface area contributed by atoms with Crippen LogP contribution in [-0.2, 0) is 11.8 Å². The van der Waals surface area contributed by atoms with Crippen LogP contribution in [0.4, 0.5) is 0 Å². The van der Waals surface area contributed by atoms with E-state index in [0.717, 1.165) is 27.7 Å². The highest BCUT2D eigenvalue weighted by atomic mass is 32.1. The van der Waals surface area contributed by atoms with E-state index in [1.54, 1.807) is 6.92 Å². The first-order chi connectivity index (χ1) is 9.88. The first-order valence-electron chi connectivity index (χ1n) is 7.07. The molecule has 0 saturated carbocycles. The molecule has 0 spiro atoms. The molecule has 0 aliphatic rings. The van der Waals surface area contributed by atoms with Crippen LogP contribution in [0.5, 0.6) is 5.75 Å². The number of rotatable bonds is 5. The number of thiazole rings is 1. The Morgan fingerprint density at radius 1 is 1.24 bits per heavy atom. The normalized spacial score (nSPS) is 11.4. The average molecular weight is 303 g/mol. The third kappa shape index (κ3) is 4.14. The van der Waals surface area contributed by atoms with Crippen molar-refractivity contribution in [2.45, 2.75) is 39.5 Å². The van der Waals surface area contributed by atoms with Gasteiger partial charge < -0.3 is 4.74 Å². The van der Waals surface area contributed by atoms with Crippen molar-refractivity contribution in [2.24, 2.45) is 0 Å². The number of Topliss-reactive ketones (excluding diaryl/α,β-unsaturated/α-hetero) is 1. The smallest absolute Gasteiger partial charge is 0.171 e. The molecule has 0 amide bonds. The van der Waals surface area contributed by atoms with Crippen molar-refractivity contribution in [1.29, 1.82) is 0 Å². The summed E-state index contributed by atoms with van der Waals surface area (Å²) in [7, 11) is 0. The fraction of sp³-hybridized carbons (Fsp3) is 0.412. The van der Waals surface area contributed by atoms with Gasteiger partial charge in [-0.25, -0.2) is 4.98 Å². The molecule has 2 rings (SSSR count). The number of ether oxygens (including phenoxy) is 1. The van der Waals surface area contributed by atoms with Crippen LogP contribution in [0.2, 0.25) is 0 Å². The molecule has 0 unspecified atom stereocenters. The Bertz CT molecular complexity index is 611. The molecule has 0 N–H and O–H groups in total. The number of carbonyl (C=O) groups is 1. The van der Waals surface area contributed by atoms with Crippen LogP contribution in [0.1, 0.15) is 48.1 Å². The number of carbonyl (C=O) groups excluding carboxylic acids is 1. The second-order valence-electron chi connectivity index (χ2n) is 6.00. The number of hydrogen-bond donors (Lipinski definition) is 0. The van der Waals surface area contributed by atoms with Gasteiger partial charge in [0.25, 0.3) is 0 Å². The molecule has 0 saturated heterocycles. The van der Waals surface area contributed by atoms with Crippen molar-refractivity contribution in [3.8, 4) is 5.75 Å². The van der Waals surface area contributed by atoms with E-state index in [4.69, 9.17) is 4.74 Å². The molecule has 2 aromatic rings. The average Bonchev–Trinajstić information content (AvgIpc) is 2.84. The summed E-state index contributed by atoms with van der Waals surface area (Å²) in [6.07, 6.45) is 0.718. The Balaban J connectivity index is 2.06. The molecule has 0 fully saturated rings. The lowest BCUT2D eigenvalue weighted by Crippen LogP contribution is -2.15. The molecular formula is C17H21NO2S. The zero-order valence-electron chi connectivity index (χ0n) is 13.0. The van der Waals surface area contributed by atoms with Gasteiger partial charge in [0.2, 0.25) is 0 Å². The monoisotopic (exact) mass is 303 g/mol. The van der Waals surface area contributed by atoms with Crippen LogP contribution in [-0.4, -0.2) is 17.4 Å². The highest BCUT2D eigenvalue weighted by Crippen LogP contribution is 2.30. The van der Waals surface area contributed by atoms with E-state index in [2.05, 4.69) is 25.8 Å². The standard InChI is InChI=1S/C17H21NO2S/c1-12(19)15-16(17(2,3)4)18-14(21-15)10-11-20-13-8-6-5-7-9-13/h5-9H,10-11H2,1-4H3. The molecule has 0 bridgehead atoms. The molecular weight excluding hydrogens is 282 g/mol. The first kappa shape index (κ1) is 15.7. The van der Waals surface area contributed by atoms with E-state index in [-0.39, 0.29) is 11.2 Å². The van der Waals surface area contributed by atoms with Gasteiger partial charge in [-0.3, -0.25) is 4.79 Å². The second-order valence-corrected chi connectivity index (χ2v) is 7.09. The summed E-state index contributed by atoms with van der Waals surface area (Å²) in [6, 6.07) is 9.73. The van der Waals surface area contributed by atoms with Gasteiger partial charge in [-0.15, -0.1) is 11.3 Å². The van der Waals surface area contributed by atoms with Crippen LogP contribution < -0.4 is 4.74 Å². The van der Waals surface area contributed by atoms with Crippen LogP contribution >= 0.6 is 11.3 Å². The predicted molar refractivity (Wildman–Crippen MR) is 86.5 cm³/mol. The third-order valence-corrected chi connectivity index (χ3v) is 4.25. The molecule has 3 nitrogen and oxygen atoms in total. The lowest BCUT2D eigenvalue weighted by Gasteiger charge is -2.16. The van der Waals surface area contributed by atoms with Crippen molar-refractivity contribution in [3.05, 3.63) is 45.9 Å². The van der Waals surface area contributed by atoms with Crippen molar-refractivity contribution < 1.29 is 9.53 Å². The lowest BCUT2D eigenvalue weighted by molar-refractivity contribution is 0.101. The molecule has 1 heterocycles. The van der Waals surface area contributed by atoms with E-state index in [1.807, 2.05) is 30.3 Å². The molecule has 21 heavy (non-hydrogen) atoms. The molecule has 1 aromatic carbocycles. The Kier molecular flexibility index (Phi) is 4.78. The van der Waals surface area contributed by atoms with E-state index >= 15 is 0 Å². The number of benzene rings is 1. The van der Waals surface area contributed by atoms with Gasteiger partial charge in [0.15, 0.2) is 5.78 Å². The second kappa shape index (κ2) is 6.39. The van der Waals surface area contributed by atoms with E-state index in [0.29, 0.717) is 6.61 Å². The van der Waals surface area contributed by atoms with E-state index in [1.165, 1.54) is 11.3 Å². The molecule has 0 radical (unpaired) electrons. The van der Waals surface area contributed by atoms with Gasteiger partial charge >= 0.3 is 0 Å². The summed E-state index contributed by atoms with van der Waals surface area (Å²) in [5.74, 6) is 0.949. The molecule has 0 aliphatic heterocycles. The minimum absolute atomic E-state index is 0.0904. The fourth-order valence-electron chi connectivity index (χ4n) is 1.99. The summed E-state index contributed by atoms with van der Waals surface area (Å²) >= 11 is 1.49. The van der Waals surface area contributed by atoms with Crippen molar-refractivity contribution in [2.75, 3.05) is 6.61 Å². The third-order valence-electron chi connectivity index (χ3n) is 3.03. The Morgan fingerprint density at radius 3 is 2.43 bits per heavy atom. The van der Waals surface area contributed by atoms with Gasteiger partial charge in [0.05, 0.1) is 22.2 Å². The summed E-state index contributed by atoms with van der Waals surface area (Å²) in [5, 5.41) is 0.959.